The van der Waals surface area contributed by atoms with Gasteiger partial charge in [0.1, 0.15) is 5.82 Å². The van der Waals surface area contributed by atoms with Crippen LogP contribution in [0.3, 0.4) is 0 Å². The van der Waals surface area contributed by atoms with Crippen LogP contribution in [0, 0.1) is 5.82 Å². The standard InChI is InChI=1S/C15H20FN3O/c1-10-8-18-4-2-3-14(18)9-19(10)15(20)11-5-12(16)7-13(17)6-11/h5-7,10,14H,2-4,8-9,17H2,1H3. The van der Waals surface area contributed by atoms with E-state index in [1.165, 1.54) is 18.6 Å². The number of halogens is 1. The number of piperazine rings is 1. The molecule has 2 unspecified atom stereocenters. The molecule has 5 heteroatoms. The normalized spacial score (nSPS) is 26.6. The molecule has 20 heavy (non-hydrogen) atoms. The predicted octanol–water partition coefficient (Wildman–Crippen LogP) is 1.72. The molecule has 0 spiro atoms. The van der Waals surface area contributed by atoms with Crippen LogP contribution in [0.5, 0.6) is 0 Å². The van der Waals surface area contributed by atoms with E-state index >= 15 is 0 Å². The summed E-state index contributed by atoms with van der Waals surface area (Å²) in [6, 6.07) is 4.67. The molecule has 0 radical (unpaired) electrons. The average molecular weight is 277 g/mol. The van der Waals surface area contributed by atoms with Crippen LogP contribution in [-0.4, -0.2) is 47.4 Å². The van der Waals surface area contributed by atoms with Gasteiger partial charge in [0.15, 0.2) is 0 Å². The number of nitrogens with two attached hydrogens (primary N) is 1. The Labute approximate surface area is 118 Å². The highest BCUT2D eigenvalue weighted by Crippen LogP contribution is 2.26. The van der Waals surface area contributed by atoms with Crippen LogP contribution in [0.25, 0.3) is 0 Å². The van der Waals surface area contributed by atoms with E-state index in [1.807, 2.05) is 4.90 Å². The van der Waals surface area contributed by atoms with Crippen molar-refractivity contribution in [1.29, 1.82) is 0 Å². The summed E-state index contributed by atoms with van der Waals surface area (Å²) in [7, 11) is 0. The van der Waals surface area contributed by atoms with E-state index < -0.39 is 5.82 Å². The van der Waals surface area contributed by atoms with Gasteiger partial charge in [-0.1, -0.05) is 0 Å². The largest absolute Gasteiger partial charge is 0.399 e. The third-order valence-electron chi connectivity index (χ3n) is 4.37. The molecule has 1 amide bonds. The molecule has 2 heterocycles. The molecule has 2 atom stereocenters. The maximum atomic E-state index is 13.4. The molecule has 2 aliphatic heterocycles. The van der Waals surface area contributed by atoms with Crippen LogP contribution in [0.2, 0.25) is 0 Å². The highest BCUT2D eigenvalue weighted by molar-refractivity contribution is 5.95. The Hall–Kier alpha value is -1.62. The van der Waals surface area contributed by atoms with Crippen molar-refractivity contribution in [2.45, 2.75) is 31.8 Å². The summed E-state index contributed by atoms with van der Waals surface area (Å²) in [6.45, 7) is 4.82. The van der Waals surface area contributed by atoms with Gasteiger partial charge in [-0.15, -0.1) is 0 Å². The van der Waals surface area contributed by atoms with E-state index in [0.29, 0.717) is 17.3 Å². The highest BCUT2D eigenvalue weighted by atomic mass is 19.1. The van der Waals surface area contributed by atoms with Crippen molar-refractivity contribution in [2.24, 2.45) is 0 Å². The average Bonchev–Trinajstić information content (AvgIpc) is 2.82. The number of nitrogens with zero attached hydrogens (tertiary/aromatic N) is 2. The summed E-state index contributed by atoms with van der Waals surface area (Å²) >= 11 is 0. The zero-order valence-electron chi connectivity index (χ0n) is 11.7. The zero-order valence-corrected chi connectivity index (χ0v) is 11.7. The molecule has 0 aromatic heterocycles. The van der Waals surface area contributed by atoms with Crippen molar-refractivity contribution in [1.82, 2.24) is 9.80 Å². The molecule has 3 rings (SSSR count). The number of fused-ring (bicyclic) bond motifs is 1. The summed E-state index contributed by atoms with van der Waals surface area (Å²) in [5, 5.41) is 0. The fraction of sp³-hybridized carbons (Fsp3) is 0.533. The van der Waals surface area contributed by atoms with Crippen LogP contribution in [0.15, 0.2) is 18.2 Å². The summed E-state index contributed by atoms with van der Waals surface area (Å²) in [5.74, 6) is -0.573. The fourth-order valence-corrected chi connectivity index (χ4v) is 3.37. The first-order valence-corrected chi connectivity index (χ1v) is 7.15. The zero-order chi connectivity index (χ0) is 14.3. The van der Waals surface area contributed by atoms with Crippen molar-refractivity contribution >= 4 is 11.6 Å². The van der Waals surface area contributed by atoms with Gasteiger partial charge >= 0.3 is 0 Å². The third kappa shape index (κ3) is 2.38. The maximum absolute atomic E-state index is 13.4. The van der Waals surface area contributed by atoms with Crippen LogP contribution >= 0.6 is 0 Å². The lowest BCUT2D eigenvalue weighted by atomic mass is 10.1. The second-order valence-electron chi connectivity index (χ2n) is 5.87. The lowest BCUT2D eigenvalue weighted by Gasteiger charge is -2.42. The van der Waals surface area contributed by atoms with Gasteiger partial charge in [-0.05, 0) is 44.5 Å². The number of rotatable bonds is 1. The smallest absolute Gasteiger partial charge is 0.254 e. The molecule has 2 saturated heterocycles. The van der Waals surface area contributed by atoms with Crippen molar-refractivity contribution in [3.05, 3.63) is 29.6 Å². The molecule has 2 N–H and O–H groups in total. The molecule has 0 saturated carbocycles. The van der Waals surface area contributed by atoms with Crippen LogP contribution in [0.1, 0.15) is 30.1 Å². The molecule has 2 aliphatic rings. The molecule has 108 valence electrons. The first-order chi connectivity index (χ1) is 9.54. The van der Waals surface area contributed by atoms with E-state index in [0.717, 1.165) is 26.1 Å². The summed E-state index contributed by atoms with van der Waals surface area (Å²) < 4.78 is 13.4. The van der Waals surface area contributed by atoms with Gasteiger partial charge in [-0.3, -0.25) is 9.69 Å². The Morgan fingerprint density at radius 3 is 2.90 bits per heavy atom. The number of carbonyl (C=O) groups is 1. The Morgan fingerprint density at radius 2 is 2.15 bits per heavy atom. The molecule has 1 aromatic carbocycles. The van der Waals surface area contributed by atoms with E-state index in [1.54, 1.807) is 6.07 Å². The molecule has 0 bridgehead atoms. The van der Waals surface area contributed by atoms with Crippen molar-refractivity contribution < 1.29 is 9.18 Å². The molecule has 4 nitrogen and oxygen atoms in total. The van der Waals surface area contributed by atoms with Crippen molar-refractivity contribution in [3.8, 4) is 0 Å². The Kier molecular flexibility index (Phi) is 3.38. The van der Waals surface area contributed by atoms with E-state index in [9.17, 15) is 9.18 Å². The number of nitrogen functional groups attached to an aromatic ring is 1. The topological polar surface area (TPSA) is 49.6 Å². The van der Waals surface area contributed by atoms with E-state index in [2.05, 4.69) is 11.8 Å². The first kappa shape index (κ1) is 13.4. The van der Waals surface area contributed by atoms with Crippen molar-refractivity contribution in [3.63, 3.8) is 0 Å². The van der Waals surface area contributed by atoms with E-state index in [4.69, 9.17) is 5.73 Å². The molecular formula is C15H20FN3O. The van der Waals surface area contributed by atoms with E-state index in [-0.39, 0.29) is 11.9 Å². The Morgan fingerprint density at radius 1 is 1.35 bits per heavy atom. The minimum atomic E-state index is -0.458. The summed E-state index contributed by atoms with van der Waals surface area (Å²) in [6.07, 6.45) is 2.34. The van der Waals surface area contributed by atoms with Gasteiger partial charge in [-0.2, -0.15) is 0 Å². The van der Waals surface area contributed by atoms with Crippen molar-refractivity contribution in [2.75, 3.05) is 25.4 Å². The van der Waals surface area contributed by atoms with Gasteiger partial charge in [0.05, 0.1) is 0 Å². The first-order valence-electron chi connectivity index (χ1n) is 7.15. The molecule has 2 fully saturated rings. The number of carbonyl (C=O) groups excluding carboxylic acids is 1. The number of anilines is 1. The summed E-state index contributed by atoms with van der Waals surface area (Å²) in [4.78, 5) is 16.9. The SMILES string of the molecule is CC1CN2CCCC2CN1C(=O)c1cc(N)cc(F)c1. The fourth-order valence-electron chi connectivity index (χ4n) is 3.37. The molecule has 1 aromatic rings. The Bertz CT molecular complexity index is 514. The maximum Gasteiger partial charge on any atom is 0.254 e. The Balaban J connectivity index is 1.82. The van der Waals surface area contributed by atoms with Gasteiger partial charge < -0.3 is 10.6 Å². The second kappa shape index (κ2) is 5.05. The minimum Gasteiger partial charge on any atom is -0.399 e. The van der Waals surface area contributed by atoms with Crippen LogP contribution in [-0.2, 0) is 0 Å². The predicted molar refractivity (Wildman–Crippen MR) is 75.9 cm³/mol. The molecule has 0 aliphatic carbocycles. The lowest BCUT2D eigenvalue weighted by Crippen LogP contribution is -2.56. The third-order valence-corrected chi connectivity index (χ3v) is 4.37. The minimum absolute atomic E-state index is 0.116. The van der Waals surface area contributed by atoms with Gasteiger partial charge in [0.2, 0.25) is 0 Å². The lowest BCUT2D eigenvalue weighted by molar-refractivity contribution is 0.0395. The summed E-state index contributed by atoms with van der Waals surface area (Å²) in [5.41, 5.74) is 6.27. The van der Waals surface area contributed by atoms with Gasteiger partial charge in [0, 0.05) is 36.4 Å². The monoisotopic (exact) mass is 277 g/mol. The number of benzene rings is 1. The number of amides is 1. The van der Waals surface area contributed by atoms with Gasteiger partial charge in [0.25, 0.3) is 5.91 Å². The number of hydrogen-bond acceptors (Lipinski definition) is 3. The highest BCUT2D eigenvalue weighted by Gasteiger charge is 2.36. The van der Waals surface area contributed by atoms with Gasteiger partial charge in [-0.25, -0.2) is 4.39 Å². The van der Waals surface area contributed by atoms with Crippen LogP contribution < -0.4 is 5.73 Å². The second-order valence-corrected chi connectivity index (χ2v) is 5.87. The number of hydrogen-bond donors (Lipinski definition) is 1. The quantitative estimate of drug-likeness (QED) is 0.795. The molecular weight excluding hydrogens is 257 g/mol. The van der Waals surface area contributed by atoms with Crippen LogP contribution in [0.4, 0.5) is 10.1 Å².